The summed E-state index contributed by atoms with van der Waals surface area (Å²) in [4.78, 5) is 38.8. The third kappa shape index (κ3) is 2.71. The number of H-pyrrole nitrogens is 1. The zero-order valence-electron chi connectivity index (χ0n) is 13.8. The van der Waals surface area contributed by atoms with Gasteiger partial charge in [-0.05, 0) is 6.92 Å². The third-order valence-electron chi connectivity index (χ3n) is 4.44. The number of hydrogen-bond donors (Lipinski definition) is 4. The highest BCUT2D eigenvalue weighted by atomic mass is 16.6. The predicted octanol–water partition coefficient (Wildman–Crippen LogP) is -1.51. The lowest BCUT2D eigenvalue weighted by atomic mass is 9.93. The van der Waals surface area contributed by atoms with E-state index in [1.807, 2.05) is 11.9 Å². The van der Waals surface area contributed by atoms with Crippen LogP contribution in [0.5, 0.6) is 0 Å². The van der Waals surface area contributed by atoms with E-state index in [9.17, 15) is 29.7 Å². The Morgan fingerprint density at radius 2 is 1.88 bits per heavy atom. The number of aliphatic hydroxyl groups is 3. The molecular formula is C17H18N2O7. The topological polar surface area (TPSA) is 142 Å². The van der Waals surface area contributed by atoms with Crippen molar-refractivity contribution >= 4 is 5.78 Å². The molecule has 3 rings (SSSR count). The molecule has 1 aliphatic rings. The van der Waals surface area contributed by atoms with E-state index >= 15 is 0 Å². The summed E-state index contributed by atoms with van der Waals surface area (Å²) in [5.74, 6) is -0.797. The molecule has 0 saturated carbocycles. The average molecular weight is 362 g/mol. The first-order valence-electron chi connectivity index (χ1n) is 7.90. The molecule has 2 heterocycles. The van der Waals surface area contributed by atoms with Crippen molar-refractivity contribution in [3.63, 3.8) is 0 Å². The molecule has 0 spiro atoms. The average Bonchev–Trinajstić information content (AvgIpc) is 2.87. The van der Waals surface area contributed by atoms with Gasteiger partial charge in [0.2, 0.25) is 11.5 Å². The number of aryl methyl sites for hydroxylation is 1. The number of carbonyl (C=O) groups excluding carboxylic acids is 1. The molecule has 0 aliphatic carbocycles. The Morgan fingerprint density at radius 3 is 2.42 bits per heavy atom. The van der Waals surface area contributed by atoms with Gasteiger partial charge in [0.25, 0.3) is 5.56 Å². The number of aromatic nitrogens is 2. The minimum absolute atomic E-state index is 0.124. The summed E-state index contributed by atoms with van der Waals surface area (Å²) in [5.41, 5.74) is -3.01. The summed E-state index contributed by atoms with van der Waals surface area (Å²) >= 11 is 0. The molecule has 0 bridgehead atoms. The van der Waals surface area contributed by atoms with Crippen molar-refractivity contribution in [1.82, 2.24) is 9.55 Å². The molecule has 4 atom stereocenters. The van der Waals surface area contributed by atoms with E-state index in [0.717, 1.165) is 22.4 Å². The molecule has 1 aromatic heterocycles. The first-order valence-corrected chi connectivity index (χ1v) is 7.90. The van der Waals surface area contributed by atoms with Crippen molar-refractivity contribution < 1.29 is 24.9 Å². The van der Waals surface area contributed by atoms with E-state index in [0.29, 0.717) is 0 Å². The van der Waals surface area contributed by atoms with Gasteiger partial charge >= 0.3 is 5.69 Å². The number of hydrogen-bond acceptors (Lipinski definition) is 7. The number of carbonyl (C=O) groups is 1. The second-order valence-corrected chi connectivity index (χ2v) is 6.15. The Labute approximate surface area is 147 Å². The van der Waals surface area contributed by atoms with Crippen molar-refractivity contribution in [2.24, 2.45) is 0 Å². The minimum Gasteiger partial charge on any atom is -0.394 e. The highest BCUT2D eigenvalue weighted by Gasteiger charge is 2.60. The van der Waals surface area contributed by atoms with Crippen LogP contribution in [0.25, 0.3) is 0 Å². The first kappa shape index (κ1) is 18.2. The monoisotopic (exact) mass is 362 g/mol. The van der Waals surface area contributed by atoms with Crippen LogP contribution >= 0.6 is 0 Å². The fraction of sp³-hybridized carbons (Fsp3) is 0.353. The van der Waals surface area contributed by atoms with Crippen LogP contribution in [0.2, 0.25) is 0 Å². The normalized spacial score (nSPS) is 28.2. The summed E-state index contributed by atoms with van der Waals surface area (Å²) < 4.78 is 6.24. The molecule has 0 amide bonds. The number of benzene rings is 1. The van der Waals surface area contributed by atoms with E-state index in [2.05, 4.69) is 0 Å². The van der Waals surface area contributed by atoms with Crippen LogP contribution in [0.1, 0.15) is 15.9 Å². The van der Waals surface area contributed by atoms with Gasteiger partial charge in [0.05, 0.1) is 6.61 Å². The number of Topliss-reactive ketones (excluding diaryl/α,β-unsaturated/α-hetero) is 1. The molecule has 1 aromatic carbocycles. The van der Waals surface area contributed by atoms with Crippen LogP contribution in [0.15, 0.2) is 46.1 Å². The Bertz CT molecular complexity index is 933. The maximum atomic E-state index is 13.2. The Hall–Kier alpha value is -2.59. The van der Waals surface area contributed by atoms with Gasteiger partial charge in [-0.3, -0.25) is 19.1 Å². The SMILES string of the molecule is Cc1ccc(C(=O)[C@@]2(n3ccc(=O)[nH]c3=O)O[C@H](CO)[C@@H](O)[C@H]2O)cc1. The standard InChI is InChI=1S/C17H18N2O7/c1-9-2-4-10(5-3-9)14(23)17(15(24)13(22)11(8-20)26-17)19-7-6-12(21)18-16(19)25/h2-7,11,13,15,20,22,24H,8H2,1H3,(H,18,21,25)/t11-,13-,15-,17-/m1/s1. The highest BCUT2D eigenvalue weighted by molar-refractivity contribution is 6.01. The lowest BCUT2D eigenvalue weighted by Gasteiger charge is -2.32. The number of aromatic amines is 1. The number of aliphatic hydroxyl groups excluding tert-OH is 3. The summed E-state index contributed by atoms with van der Waals surface area (Å²) in [6.45, 7) is 1.14. The molecule has 4 N–H and O–H groups in total. The predicted molar refractivity (Wildman–Crippen MR) is 88.8 cm³/mol. The van der Waals surface area contributed by atoms with Gasteiger partial charge in [-0.25, -0.2) is 4.79 Å². The second kappa shape index (κ2) is 6.61. The lowest BCUT2D eigenvalue weighted by molar-refractivity contribution is -0.117. The largest absolute Gasteiger partial charge is 0.394 e. The van der Waals surface area contributed by atoms with E-state index in [-0.39, 0.29) is 5.56 Å². The molecule has 9 heteroatoms. The lowest BCUT2D eigenvalue weighted by Crippen LogP contribution is -2.56. The van der Waals surface area contributed by atoms with Crippen LogP contribution in [-0.2, 0) is 10.5 Å². The molecule has 2 aromatic rings. The third-order valence-corrected chi connectivity index (χ3v) is 4.44. The van der Waals surface area contributed by atoms with Crippen LogP contribution in [0.3, 0.4) is 0 Å². The Kier molecular flexibility index (Phi) is 4.63. The smallest absolute Gasteiger partial charge is 0.331 e. The first-order chi connectivity index (χ1) is 12.3. The quantitative estimate of drug-likeness (QED) is 0.485. The van der Waals surface area contributed by atoms with Gasteiger partial charge in [0.15, 0.2) is 0 Å². The Morgan fingerprint density at radius 1 is 1.23 bits per heavy atom. The van der Waals surface area contributed by atoms with Crippen molar-refractivity contribution in [1.29, 1.82) is 0 Å². The molecule has 1 aliphatic heterocycles. The second-order valence-electron chi connectivity index (χ2n) is 6.15. The summed E-state index contributed by atoms with van der Waals surface area (Å²) in [6.07, 6.45) is -3.76. The van der Waals surface area contributed by atoms with Crippen molar-refractivity contribution in [3.05, 3.63) is 68.5 Å². The van der Waals surface area contributed by atoms with E-state index in [1.165, 1.54) is 12.1 Å². The molecular weight excluding hydrogens is 344 g/mol. The maximum Gasteiger partial charge on any atom is 0.331 e. The van der Waals surface area contributed by atoms with Gasteiger partial charge in [0.1, 0.15) is 18.3 Å². The number of nitrogens with one attached hydrogen (secondary N) is 1. The van der Waals surface area contributed by atoms with Gasteiger partial charge in [-0.15, -0.1) is 0 Å². The summed E-state index contributed by atoms with van der Waals surface area (Å²) in [6, 6.07) is 7.30. The number of ether oxygens (including phenoxy) is 1. The fourth-order valence-corrected chi connectivity index (χ4v) is 3.04. The molecule has 1 fully saturated rings. The van der Waals surface area contributed by atoms with Gasteiger partial charge < -0.3 is 20.1 Å². The van der Waals surface area contributed by atoms with E-state index < -0.39 is 47.7 Å². The van der Waals surface area contributed by atoms with Crippen molar-refractivity contribution in [3.8, 4) is 0 Å². The van der Waals surface area contributed by atoms with Crippen LogP contribution in [0.4, 0.5) is 0 Å². The molecule has 26 heavy (non-hydrogen) atoms. The minimum atomic E-state index is -2.33. The zero-order valence-corrected chi connectivity index (χ0v) is 13.8. The molecule has 0 unspecified atom stereocenters. The summed E-state index contributed by atoms with van der Waals surface area (Å²) in [7, 11) is 0. The molecule has 0 radical (unpaired) electrons. The molecule has 9 nitrogen and oxygen atoms in total. The maximum absolute atomic E-state index is 13.2. The Balaban J connectivity index is 2.23. The number of nitrogens with zero attached hydrogens (tertiary/aromatic N) is 1. The molecule has 138 valence electrons. The van der Waals surface area contributed by atoms with Gasteiger partial charge in [0, 0.05) is 17.8 Å². The van der Waals surface area contributed by atoms with Crippen LogP contribution < -0.4 is 11.2 Å². The number of rotatable bonds is 4. The van der Waals surface area contributed by atoms with Crippen molar-refractivity contribution in [2.75, 3.05) is 6.61 Å². The van der Waals surface area contributed by atoms with E-state index in [4.69, 9.17) is 4.74 Å². The van der Waals surface area contributed by atoms with E-state index in [1.54, 1.807) is 12.1 Å². The fourth-order valence-electron chi connectivity index (χ4n) is 3.04. The zero-order chi connectivity index (χ0) is 19.1. The van der Waals surface area contributed by atoms with Crippen LogP contribution in [0, 0.1) is 6.92 Å². The van der Waals surface area contributed by atoms with Gasteiger partial charge in [-0.1, -0.05) is 29.8 Å². The highest BCUT2D eigenvalue weighted by Crippen LogP contribution is 2.37. The molecule has 1 saturated heterocycles. The summed E-state index contributed by atoms with van der Waals surface area (Å²) in [5, 5.41) is 30.1. The van der Waals surface area contributed by atoms with Crippen LogP contribution in [-0.4, -0.2) is 55.6 Å². The van der Waals surface area contributed by atoms with Crippen molar-refractivity contribution in [2.45, 2.75) is 31.0 Å². The van der Waals surface area contributed by atoms with Gasteiger partial charge in [-0.2, -0.15) is 0 Å². The number of ketones is 1.